The number of hydrogen-bond donors (Lipinski definition) is 1. The van der Waals surface area contributed by atoms with E-state index < -0.39 is 0 Å². The topological polar surface area (TPSA) is 68.0 Å². The second-order valence-electron chi connectivity index (χ2n) is 6.27. The van der Waals surface area contributed by atoms with Gasteiger partial charge in [0.25, 0.3) is 11.8 Å². The molecule has 0 saturated heterocycles. The van der Waals surface area contributed by atoms with Crippen molar-refractivity contribution in [1.29, 1.82) is 0 Å². The van der Waals surface area contributed by atoms with Gasteiger partial charge in [-0.2, -0.15) is 4.98 Å². The van der Waals surface area contributed by atoms with Crippen LogP contribution in [0.1, 0.15) is 15.9 Å². The Morgan fingerprint density at radius 1 is 0.964 bits per heavy atom. The van der Waals surface area contributed by atoms with Crippen molar-refractivity contribution in [1.82, 2.24) is 10.1 Å². The van der Waals surface area contributed by atoms with Crippen molar-refractivity contribution in [2.75, 3.05) is 5.32 Å². The van der Waals surface area contributed by atoms with E-state index in [1.54, 1.807) is 24.3 Å². The standard InChI is InChI=1S/C22H16ClN3O2/c1-14-7-6-8-15(13-14)24-21(27)16-9-2-3-10-17(16)22-25-20(26-28-22)18-11-4-5-12-19(18)23/h2-13H,1H3,(H,24,27). The van der Waals surface area contributed by atoms with Crippen LogP contribution in [0.5, 0.6) is 0 Å². The summed E-state index contributed by atoms with van der Waals surface area (Å²) < 4.78 is 5.42. The maximum atomic E-state index is 12.8. The number of aryl methyl sites for hydroxylation is 1. The van der Waals surface area contributed by atoms with E-state index in [-0.39, 0.29) is 11.8 Å². The van der Waals surface area contributed by atoms with E-state index in [1.165, 1.54) is 0 Å². The molecular weight excluding hydrogens is 374 g/mol. The van der Waals surface area contributed by atoms with Gasteiger partial charge in [0.15, 0.2) is 0 Å². The quantitative estimate of drug-likeness (QED) is 0.492. The first-order chi connectivity index (χ1) is 13.6. The van der Waals surface area contributed by atoms with E-state index >= 15 is 0 Å². The minimum absolute atomic E-state index is 0.251. The molecule has 0 aliphatic carbocycles. The predicted octanol–water partition coefficient (Wildman–Crippen LogP) is 5.62. The summed E-state index contributed by atoms with van der Waals surface area (Å²) in [5.74, 6) is 0.373. The lowest BCUT2D eigenvalue weighted by molar-refractivity contribution is 0.102. The zero-order valence-corrected chi connectivity index (χ0v) is 15.8. The fraction of sp³-hybridized carbons (Fsp3) is 0.0455. The van der Waals surface area contributed by atoms with E-state index in [2.05, 4.69) is 15.5 Å². The summed E-state index contributed by atoms with van der Waals surface area (Å²) in [6.45, 7) is 1.97. The summed E-state index contributed by atoms with van der Waals surface area (Å²) in [6, 6.07) is 22.0. The molecule has 1 N–H and O–H groups in total. The normalized spacial score (nSPS) is 10.6. The molecule has 0 bridgehead atoms. The number of carbonyl (C=O) groups is 1. The van der Waals surface area contributed by atoms with Crippen LogP contribution >= 0.6 is 11.6 Å². The van der Waals surface area contributed by atoms with Gasteiger partial charge in [0, 0.05) is 11.3 Å². The molecule has 1 aromatic heterocycles. The summed E-state index contributed by atoms with van der Waals surface area (Å²) in [7, 11) is 0. The minimum atomic E-state index is -0.251. The molecular formula is C22H16ClN3O2. The first-order valence-corrected chi connectivity index (χ1v) is 9.05. The SMILES string of the molecule is Cc1cccc(NC(=O)c2ccccc2-c2nc(-c3ccccc3Cl)no2)c1. The molecule has 6 heteroatoms. The third-order valence-corrected chi connectivity index (χ3v) is 4.55. The lowest BCUT2D eigenvalue weighted by Crippen LogP contribution is -2.13. The Hall–Kier alpha value is -3.44. The van der Waals surface area contributed by atoms with Gasteiger partial charge in [0.05, 0.1) is 16.1 Å². The predicted molar refractivity (Wildman–Crippen MR) is 109 cm³/mol. The molecule has 0 spiro atoms. The number of halogens is 1. The maximum absolute atomic E-state index is 12.8. The van der Waals surface area contributed by atoms with Crippen LogP contribution in [0.3, 0.4) is 0 Å². The molecule has 3 aromatic carbocycles. The van der Waals surface area contributed by atoms with E-state index in [4.69, 9.17) is 16.1 Å². The molecule has 1 heterocycles. The number of amides is 1. The van der Waals surface area contributed by atoms with Crippen LogP contribution in [0.2, 0.25) is 5.02 Å². The second kappa shape index (κ2) is 7.66. The first kappa shape index (κ1) is 17.9. The highest BCUT2D eigenvalue weighted by Crippen LogP contribution is 2.29. The number of hydrogen-bond acceptors (Lipinski definition) is 4. The van der Waals surface area contributed by atoms with Crippen LogP contribution < -0.4 is 5.32 Å². The van der Waals surface area contributed by atoms with Crippen molar-refractivity contribution in [3.63, 3.8) is 0 Å². The zero-order valence-electron chi connectivity index (χ0n) is 15.0. The van der Waals surface area contributed by atoms with Gasteiger partial charge in [-0.05, 0) is 48.9 Å². The Morgan fingerprint density at radius 2 is 1.71 bits per heavy atom. The van der Waals surface area contributed by atoms with Crippen molar-refractivity contribution in [3.05, 3.63) is 88.9 Å². The summed E-state index contributed by atoms with van der Waals surface area (Å²) in [4.78, 5) is 17.3. The molecule has 5 nitrogen and oxygen atoms in total. The first-order valence-electron chi connectivity index (χ1n) is 8.68. The van der Waals surface area contributed by atoms with E-state index in [9.17, 15) is 4.79 Å². The lowest BCUT2D eigenvalue weighted by atomic mass is 10.1. The van der Waals surface area contributed by atoms with Crippen molar-refractivity contribution in [2.24, 2.45) is 0 Å². The largest absolute Gasteiger partial charge is 0.334 e. The average Bonchev–Trinajstić information content (AvgIpc) is 3.18. The summed E-state index contributed by atoms with van der Waals surface area (Å²) in [6.07, 6.45) is 0. The Balaban J connectivity index is 1.67. The van der Waals surface area contributed by atoms with Crippen molar-refractivity contribution in [3.8, 4) is 22.8 Å². The van der Waals surface area contributed by atoms with E-state index in [1.807, 2.05) is 55.5 Å². The number of carbonyl (C=O) groups excluding carboxylic acids is 1. The number of aromatic nitrogens is 2. The number of nitrogens with zero attached hydrogens (tertiary/aromatic N) is 2. The molecule has 0 radical (unpaired) electrons. The summed E-state index contributed by atoms with van der Waals surface area (Å²) in [5, 5.41) is 7.45. The number of anilines is 1. The maximum Gasteiger partial charge on any atom is 0.259 e. The zero-order chi connectivity index (χ0) is 19.5. The molecule has 28 heavy (non-hydrogen) atoms. The molecule has 0 atom stereocenters. The monoisotopic (exact) mass is 389 g/mol. The molecule has 4 aromatic rings. The highest BCUT2D eigenvalue weighted by Gasteiger charge is 2.19. The summed E-state index contributed by atoms with van der Waals surface area (Å²) in [5.41, 5.74) is 3.45. The van der Waals surface area contributed by atoms with Gasteiger partial charge < -0.3 is 9.84 Å². The fourth-order valence-electron chi connectivity index (χ4n) is 2.87. The van der Waals surface area contributed by atoms with Crippen LogP contribution in [-0.2, 0) is 0 Å². The van der Waals surface area contributed by atoms with E-state index in [0.29, 0.717) is 27.5 Å². The Bertz CT molecular complexity index is 1150. The average molecular weight is 390 g/mol. The van der Waals surface area contributed by atoms with Gasteiger partial charge in [0.1, 0.15) is 0 Å². The Morgan fingerprint density at radius 3 is 2.50 bits per heavy atom. The minimum Gasteiger partial charge on any atom is -0.334 e. The highest BCUT2D eigenvalue weighted by molar-refractivity contribution is 6.33. The molecule has 0 fully saturated rings. The van der Waals surface area contributed by atoms with Gasteiger partial charge in [-0.15, -0.1) is 0 Å². The molecule has 4 rings (SSSR count). The number of rotatable bonds is 4. The Kier molecular flexibility index (Phi) is 4.91. The molecule has 0 saturated carbocycles. The van der Waals surface area contributed by atoms with Crippen LogP contribution in [0.15, 0.2) is 77.3 Å². The summed E-state index contributed by atoms with van der Waals surface area (Å²) >= 11 is 6.21. The van der Waals surface area contributed by atoms with Gasteiger partial charge in [-0.25, -0.2) is 0 Å². The highest BCUT2D eigenvalue weighted by atomic mass is 35.5. The molecule has 0 aliphatic heterocycles. The molecule has 0 unspecified atom stereocenters. The van der Waals surface area contributed by atoms with Crippen molar-refractivity contribution < 1.29 is 9.32 Å². The van der Waals surface area contributed by atoms with Crippen LogP contribution in [-0.4, -0.2) is 16.0 Å². The second-order valence-corrected chi connectivity index (χ2v) is 6.68. The van der Waals surface area contributed by atoms with Crippen LogP contribution in [0.25, 0.3) is 22.8 Å². The van der Waals surface area contributed by atoms with Gasteiger partial charge in [-0.3, -0.25) is 4.79 Å². The number of nitrogens with one attached hydrogen (secondary N) is 1. The third-order valence-electron chi connectivity index (χ3n) is 4.22. The third kappa shape index (κ3) is 3.66. The van der Waals surface area contributed by atoms with Gasteiger partial charge in [-0.1, -0.05) is 53.2 Å². The Labute approximate surface area is 167 Å². The van der Waals surface area contributed by atoms with Crippen molar-refractivity contribution in [2.45, 2.75) is 6.92 Å². The van der Waals surface area contributed by atoms with Crippen LogP contribution in [0.4, 0.5) is 5.69 Å². The van der Waals surface area contributed by atoms with E-state index in [0.717, 1.165) is 11.3 Å². The molecule has 138 valence electrons. The number of benzene rings is 3. The molecule has 1 amide bonds. The smallest absolute Gasteiger partial charge is 0.259 e. The fourth-order valence-corrected chi connectivity index (χ4v) is 3.09. The van der Waals surface area contributed by atoms with Gasteiger partial charge in [0.2, 0.25) is 5.82 Å². The lowest BCUT2D eigenvalue weighted by Gasteiger charge is -2.08. The van der Waals surface area contributed by atoms with Gasteiger partial charge >= 0.3 is 0 Å². The van der Waals surface area contributed by atoms with Crippen LogP contribution in [0, 0.1) is 6.92 Å². The van der Waals surface area contributed by atoms with Crippen molar-refractivity contribution >= 4 is 23.2 Å². The molecule has 0 aliphatic rings.